The number of benzene rings is 1. The number of fused-ring (bicyclic) bond motifs is 1. The molecule has 162 valence electrons. The van der Waals surface area contributed by atoms with Crippen LogP contribution in [0, 0.1) is 0 Å². The van der Waals surface area contributed by atoms with Gasteiger partial charge < -0.3 is 20.6 Å². The number of imidazole rings is 1. The molecule has 3 aromatic rings. The lowest BCUT2D eigenvalue weighted by Crippen LogP contribution is -2.50. The van der Waals surface area contributed by atoms with Crippen LogP contribution >= 0.6 is 11.6 Å². The van der Waals surface area contributed by atoms with Crippen LogP contribution in [-0.4, -0.2) is 62.3 Å². The van der Waals surface area contributed by atoms with Crippen molar-refractivity contribution in [1.29, 1.82) is 0 Å². The van der Waals surface area contributed by atoms with E-state index >= 15 is 0 Å². The van der Waals surface area contributed by atoms with Gasteiger partial charge in [-0.15, -0.1) is 0 Å². The highest BCUT2D eigenvalue weighted by atomic mass is 35.5. The summed E-state index contributed by atoms with van der Waals surface area (Å²) in [7, 11) is 0. The van der Waals surface area contributed by atoms with E-state index in [4.69, 9.17) is 17.3 Å². The maximum absolute atomic E-state index is 13.2. The molecule has 0 spiro atoms. The van der Waals surface area contributed by atoms with Gasteiger partial charge in [-0.05, 0) is 29.8 Å². The zero-order chi connectivity index (χ0) is 22.1. The molecule has 2 amide bonds. The van der Waals surface area contributed by atoms with Crippen molar-refractivity contribution in [2.45, 2.75) is 19.9 Å². The van der Waals surface area contributed by atoms with E-state index < -0.39 is 0 Å². The van der Waals surface area contributed by atoms with Crippen LogP contribution in [0.25, 0.3) is 16.8 Å². The van der Waals surface area contributed by atoms with Crippen LogP contribution in [0.2, 0.25) is 5.02 Å². The Bertz CT molecular complexity index is 1150. The van der Waals surface area contributed by atoms with Gasteiger partial charge in [-0.2, -0.15) is 0 Å². The first-order chi connectivity index (χ1) is 14.9. The molecule has 31 heavy (non-hydrogen) atoms. The number of nitrogens with two attached hydrogens (primary N) is 1. The number of aromatic hydroxyl groups is 1. The summed E-state index contributed by atoms with van der Waals surface area (Å²) in [5.41, 5.74) is 9.31. The number of hydrogen-bond acceptors (Lipinski definition) is 5. The number of nitrogens with zero attached hydrogens (tertiary/aromatic N) is 4. The van der Waals surface area contributed by atoms with Crippen LogP contribution in [0.3, 0.4) is 0 Å². The van der Waals surface area contributed by atoms with Gasteiger partial charge >= 0.3 is 0 Å². The van der Waals surface area contributed by atoms with Crippen LogP contribution in [0.15, 0.2) is 36.7 Å². The Morgan fingerprint density at radius 2 is 1.84 bits per heavy atom. The molecule has 3 heterocycles. The lowest BCUT2D eigenvalue weighted by atomic mass is 10.0. The van der Waals surface area contributed by atoms with Crippen LogP contribution in [-0.2, 0) is 11.3 Å². The maximum atomic E-state index is 13.2. The molecule has 8 nitrogen and oxygen atoms in total. The van der Waals surface area contributed by atoms with Crippen molar-refractivity contribution in [2.75, 3.05) is 26.2 Å². The van der Waals surface area contributed by atoms with Gasteiger partial charge in [0, 0.05) is 56.5 Å². The third kappa shape index (κ3) is 3.96. The minimum atomic E-state index is -0.139. The van der Waals surface area contributed by atoms with Gasteiger partial charge in [-0.25, -0.2) is 4.98 Å². The fourth-order valence-corrected chi connectivity index (χ4v) is 4.18. The second-order valence-corrected chi connectivity index (χ2v) is 7.89. The molecule has 0 bridgehead atoms. The Balaban J connectivity index is 1.68. The number of piperazine rings is 1. The van der Waals surface area contributed by atoms with Crippen molar-refractivity contribution in [3.05, 3.63) is 52.9 Å². The predicted octanol–water partition coefficient (Wildman–Crippen LogP) is 2.51. The Labute approximate surface area is 184 Å². The number of hydrogen-bond donors (Lipinski definition) is 2. The first kappa shape index (κ1) is 21.1. The van der Waals surface area contributed by atoms with Crippen molar-refractivity contribution in [3.8, 4) is 16.9 Å². The van der Waals surface area contributed by atoms with E-state index in [1.165, 1.54) is 6.07 Å². The molecule has 0 saturated carbocycles. The molecular weight excluding hydrogens is 418 g/mol. The summed E-state index contributed by atoms with van der Waals surface area (Å²) >= 11 is 6.36. The average molecular weight is 442 g/mol. The van der Waals surface area contributed by atoms with Crippen molar-refractivity contribution < 1.29 is 14.7 Å². The minimum Gasteiger partial charge on any atom is -0.508 e. The highest BCUT2D eigenvalue weighted by Crippen LogP contribution is 2.33. The van der Waals surface area contributed by atoms with Crippen molar-refractivity contribution in [1.82, 2.24) is 19.2 Å². The van der Waals surface area contributed by atoms with E-state index in [0.29, 0.717) is 54.5 Å². The summed E-state index contributed by atoms with van der Waals surface area (Å²) in [4.78, 5) is 33.0. The lowest BCUT2D eigenvalue weighted by molar-refractivity contribution is -0.132. The molecule has 1 fully saturated rings. The lowest BCUT2D eigenvalue weighted by Gasteiger charge is -2.34. The van der Waals surface area contributed by atoms with Crippen LogP contribution in [0.5, 0.6) is 5.75 Å². The Morgan fingerprint density at radius 3 is 2.48 bits per heavy atom. The van der Waals surface area contributed by atoms with E-state index in [2.05, 4.69) is 4.98 Å². The van der Waals surface area contributed by atoms with E-state index in [1.807, 2.05) is 19.2 Å². The quantitative estimate of drug-likeness (QED) is 0.647. The second kappa shape index (κ2) is 8.56. The molecule has 3 N–H and O–H groups in total. The monoisotopic (exact) mass is 441 g/mol. The second-order valence-electron chi connectivity index (χ2n) is 7.48. The molecule has 0 unspecified atom stereocenters. The smallest absolute Gasteiger partial charge is 0.272 e. The molecule has 0 aliphatic carbocycles. The van der Waals surface area contributed by atoms with E-state index in [-0.39, 0.29) is 24.1 Å². The van der Waals surface area contributed by atoms with Gasteiger partial charge in [0.05, 0.1) is 11.2 Å². The highest BCUT2D eigenvalue weighted by molar-refractivity contribution is 6.33. The number of phenols is 1. The molecule has 2 aromatic heterocycles. The van der Waals surface area contributed by atoms with Gasteiger partial charge in [0.25, 0.3) is 5.91 Å². The number of amides is 2. The molecule has 0 radical (unpaired) electrons. The molecule has 1 aromatic carbocycles. The summed E-state index contributed by atoms with van der Waals surface area (Å²) in [6.45, 7) is 4.13. The third-order valence-electron chi connectivity index (χ3n) is 5.64. The number of rotatable bonds is 4. The first-order valence-corrected chi connectivity index (χ1v) is 10.6. The van der Waals surface area contributed by atoms with E-state index in [9.17, 15) is 14.7 Å². The maximum Gasteiger partial charge on any atom is 0.272 e. The van der Waals surface area contributed by atoms with Crippen molar-refractivity contribution in [3.63, 3.8) is 0 Å². The number of phenolic OH excluding ortho intramolecular Hbond substituents is 1. The fourth-order valence-electron chi connectivity index (χ4n) is 3.90. The molecule has 0 atom stereocenters. The molecular formula is C22H24ClN5O3. The Hall–Kier alpha value is -3.10. The summed E-state index contributed by atoms with van der Waals surface area (Å²) in [6, 6.07) is 6.59. The number of carbonyl (C=O) groups is 2. The average Bonchev–Trinajstić information content (AvgIpc) is 3.20. The Morgan fingerprint density at radius 1 is 1.13 bits per heavy atom. The fraction of sp³-hybridized carbons (Fsp3) is 0.318. The van der Waals surface area contributed by atoms with E-state index in [0.717, 1.165) is 11.1 Å². The summed E-state index contributed by atoms with van der Waals surface area (Å²) in [5, 5.41) is 10.1. The van der Waals surface area contributed by atoms with Gasteiger partial charge in [0.15, 0.2) is 0 Å². The van der Waals surface area contributed by atoms with Crippen LogP contribution in [0.1, 0.15) is 29.4 Å². The molecule has 1 aliphatic rings. The topological polar surface area (TPSA) is 104 Å². The summed E-state index contributed by atoms with van der Waals surface area (Å²) in [5.74, 6) is 0.0364. The predicted molar refractivity (Wildman–Crippen MR) is 118 cm³/mol. The summed E-state index contributed by atoms with van der Waals surface area (Å²) in [6.07, 6.45) is 3.84. The zero-order valence-electron chi connectivity index (χ0n) is 17.2. The Kier molecular flexibility index (Phi) is 5.84. The third-order valence-corrected chi connectivity index (χ3v) is 5.95. The largest absolute Gasteiger partial charge is 0.508 e. The number of halogens is 1. The highest BCUT2D eigenvalue weighted by Gasteiger charge is 2.26. The normalized spacial score (nSPS) is 14.3. The SMILES string of the molecule is CCC(=O)N1CCN(C(=O)c2cnc3cc(CN)c(-c4ccc(O)cc4Cl)cn23)CC1. The molecule has 1 saturated heterocycles. The van der Waals surface area contributed by atoms with Gasteiger partial charge in [-0.1, -0.05) is 18.5 Å². The summed E-state index contributed by atoms with van der Waals surface area (Å²) < 4.78 is 1.74. The van der Waals surface area contributed by atoms with Crippen LogP contribution in [0.4, 0.5) is 0 Å². The molecule has 1 aliphatic heterocycles. The van der Waals surface area contributed by atoms with E-state index in [1.54, 1.807) is 32.5 Å². The number of aromatic nitrogens is 2. The van der Waals surface area contributed by atoms with Crippen LogP contribution < -0.4 is 5.73 Å². The van der Waals surface area contributed by atoms with Gasteiger partial charge in [0.1, 0.15) is 17.1 Å². The minimum absolute atomic E-state index is 0.0725. The van der Waals surface area contributed by atoms with Crippen molar-refractivity contribution >= 4 is 29.1 Å². The zero-order valence-corrected chi connectivity index (χ0v) is 18.0. The van der Waals surface area contributed by atoms with Crippen molar-refractivity contribution in [2.24, 2.45) is 5.73 Å². The standard InChI is InChI=1S/C22H24ClN5O3/c1-2-21(30)26-5-7-27(8-6-26)22(31)19-12-25-20-9-14(11-24)17(13-28(19)20)16-4-3-15(29)10-18(16)23/h3-4,9-10,12-13,29H,2,5-8,11,24H2,1H3. The molecule has 4 rings (SSSR count). The van der Waals surface area contributed by atoms with Gasteiger partial charge in [0.2, 0.25) is 5.91 Å². The first-order valence-electron chi connectivity index (χ1n) is 10.2. The molecule has 9 heteroatoms. The van der Waals surface area contributed by atoms with Gasteiger partial charge in [-0.3, -0.25) is 14.0 Å². The number of carbonyl (C=O) groups excluding carboxylic acids is 2. The number of pyridine rings is 1.